The first kappa shape index (κ1) is 13.4. The van der Waals surface area contributed by atoms with E-state index in [4.69, 9.17) is 9.52 Å². The number of aromatic nitrogens is 1. The number of carboxylic acid groups (broad SMARTS) is 1. The standard InChI is InChI=1S/C14H14N2O5/c1-14(2)9(10(14)12(18)19)11(17)15-6-3-4-8-7(5-6)16-13(20)21-8/h3-5,9-10H,1-2H3,(H,15,17)(H,16,20)(H,18,19)/t9-,10+/m1/s1. The quantitative estimate of drug-likeness (QED) is 0.791. The molecule has 1 amide bonds. The van der Waals surface area contributed by atoms with Crippen LogP contribution in [0.3, 0.4) is 0 Å². The fourth-order valence-electron chi connectivity index (χ4n) is 2.84. The van der Waals surface area contributed by atoms with Crippen molar-refractivity contribution in [3.63, 3.8) is 0 Å². The molecule has 3 N–H and O–H groups in total. The van der Waals surface area contributed by atoms with Gasteiger partial charge in [-0.3, -0.25) is 14.6 Å². The molecule has 0 radical (unpaired) electrons. The minimum Gasteiger partial charge on any atom is -0.481 e. The van der Waals surface area contributed by atoms with E-state index in [2.05, 4.69) is 10.3 Å². The number of carbonyl (C=O) groups is 2. The Morgan fingerprint density at radius 3 is 2.67 bits per heavy atom. The highest BCUT2D eigenvalue weighted by Crippen LogP contribution is 2.58. The second-order valence-electron chi connectivity index (χ2n) is 5.83. The van der Waals surface area contributed by atoms with E-state index in [1.165, 1.54) is 0 Å². The number of fused-ring (bicyclic) bond motifs is 1. The Bertz CT molecular complexity index is 801. The highest BCUT2D eigenvalue weighted by atomic mass is 16.4. The summed E-state index contributed by atoms with van der Waals surface area (Å²) in [6.07, 6.45) is 0. The van der Waals surface area contributed by atoms with E-state index in [1.807, 2.05) is 0 Å². The topological polar surface area (TPSA) is 112 Å². The average Bonchev–Trinajstić information content (AvgIpc) is 2.77. The molecule has 21 heavy (non-hydrogen) atoms. The van der Waals surface area contributed by atoms with Gasteiger partial charge in [-0.25, -0.2) is 4.79 Å². The van der Waals surface area contributed by atoms with E-state index in [-0.39, 0.29) is 5.91 Å². The zero-order valence-corrected chi connectivity index (χ0v) is 11.5. The molecule has 7 nitrogen and oxygen atoms in total. The minimum atomic E-state index is -0.963. The van der Waals surface area contributed by atoms with Crippen molar-refractivity contribution >= 4 is 28.7 Å². The third kappa shape index (κ3) is 2.10. The average molecular weight is 290 g/mol. The van der Waals surface area contributed by atoms with Crippen molar-refractivity contribution in [2.24, 2.45) is 17.3 Å². The van der Waals surface area contributed by atoms with Crippen LogP contribution in [0.15, 0.2) is 27.4 Å². The van der Waals surface area contributed by atoms with Gasteiger partial charge in [0.1, 0.15) is 0 Å². The molecule has 1 aromatic carbocycles. The smallest absolute Gasteiger partial charge is 0.417 e. The number of rotatable bonds is 3. The van der Waals surface area contributed by atoms with E-state index in [0.29, 0.717) is 16.8 Å². The molecule has 0 spiro atoms. The SMILES string of the molecule is CC1(C)[C@H](C(=O)O)[C@@H]1C(=O)Nc1ccc2oc(=O)[nH]c2c1. The van der Waals surface area contributed by atoms with E-state index >= 15 is 0 Å². The number of nitrogens with one attached hydrogen (secondary N) is 2. The second-order valence-corrected chi connectivity index (χ2v) is 5.83. The number of carbonyl (C=O) groups excluding carboxylic acids is 1. The van der Waals surface area contributed by atoms with Crippen molar-refractivity contribution in [3.8, 4) is 0 Å². The van der Waals surface area contributed by atoms with Crippen LogP contribution >= 0.6 is 0 Å². The predicted octanol–water partition coefficient (Wildman–Crippen LogP) is 1.42. The summed E-state index contributed by atoms with van der Waals surface area (Å²) in [5.41, 5.74) is 0.802. The zero-order chi connectivity index (χ0) is 15.4. The minimum absolute atomic E-state index is 0.336. The van der Waals surface area contributed by atoms with E-state index in [0.717, 1.165) is 0 Å². The Morgan fingerprint density at radius 2 is 2.05 bits per heavy atom. The Kier molecular flexibility index (Phi) is 2.69. The van der Waals surface area contributed by atoms with Gasteiger partial charge in [-0.2, -0.15) is 0 Å². The van der Waals surface area contributed by atoms with Crippen LogP contribution in [0, 0.1) is 17.3 Å². The first-order valence-corrected chi connectivity index (χ1v) is 6.47. The highest BCUT2D eigenvalue weighted by molar-refractivity contribution is 6.00. The van der Waals surface area contributed by atoms with Crippen LogP contribution in [0.1, 0.15) is 13.8 Å². The number of carboxylic acids is 1. The molecule has 110 valence electrons. The number of aromatic amines is 1. The van der Waals surface area contributed by atoms with Crippen molar-refractivity contribution in [2.45, 2.75) is 13.8 Å². The first-order chi connectivity index (χ1) is 9.80. The maximum Gasteiger partial charge on any atom is 0.417 e. The molecule has 3 rings (SSSR count). The zero-order valence-electron chi connectivity index (χ0n) is 11.5. The molecule has 0 unspecified atom stereocenters. The van der Waals surface area contributed by atoms with Gasteiger partial charge < -0.3 is 14.8 Å². The number of hydrogen-bond acceptors (Lipinski definition) is 4. The summed E-state index contributed by atoms with van der Waals surface area (Å²) in [6.45, 7) is 3.51. The molecule has 1 aliphatic rings. The van der Waals surface area contributed by atoms with Gasteiger partial charge in [-0.1, -0.05) is 13.8 Å². The van der Waals surface area contributed by atoms with Crippen LogP contribution in [0.25, 0.3) is 11.1 Å². The molecule has 1 fully saturated rings. The lowest BCUT2D eigenvalue weighted by Crippen LogP contribution is -2.17. The maximum atomic E-state index is 12.2. The summed E-state index contributed by atoms with van der Waals surface area (Å²) in [7, 11) is 0. The summed E-state index contributed by atoms with van der Waals surface area (Å²) in [6, 6.07) is 4.74. The summed E-state index contributed by atoms with van der Waals surface area (Å²) < 4.78 is 4.87. The highest BCUT2D eigenvalue weighted by Gasteiger charge is 2.65. The third-order valence-electron chi connectivity index (χ3n) is 4.06. The van der Waals surface area contributed by atoms with Gasteiger partial charge in [0.15, 0.2) is 5.58 Å². The first-order valence-electron chi connectivity index (χ1n) is 6.47. The van der Waals surface area contributed by atoms with Crippen molar-refractivity contribution in [2.75, 3.05) is 5.32 Å². The van der Waals surface area contributed by atoms with Crippen LogP contribution in [0.5, 0.6) is 0 Å². The number of benzene rings is 1. The van der Waals surface area contributed by atoms with Gasteiger partial charge in [0.2, 0.25) is 5.91 Å². The van der Waals surface area contributed by atoms with Crippen LogP contribution in [0.2, 0.25) is 0 Å². The molecule has 0 aliphatic heterocycles. The lowest BCUT2D eigenvalue weighted by atomic mass is 10.1. The lowest BCUT2D eigenvalue weighted by molar-refractivity contribution is -0.140. The second kappa shape index (κ2) is 4.21. The Hall–Kier alpha value is -2.57. The molecule has 2 aromatic rings. The van der Waals surface area contributed by atoms with Crippen molar-refractivity contribution < 1.29 is 19.1 Å². The fraction of sp³-hybridized carbons (Fsp3) is 0.357. The van der Waals surface area contributed by atoms with Crippen LogP contribution < -0.4 is 11.1 Å². The number of oxazole rings is 1. The van der Waals surface area contributed by atoms with Crippen LogP contribution in [0.4, 0.5) is 5.69 Å². The molecule has 1 saturated carbocycles. The summed E-state index contributed by atoms with van der Waals surface area (Å²) in [4.78, 5) is 36.8. The summed E-state index contributed by atoms with van der Waals surface area (Å²) in [5, 5.41) is 11.8. The van der Waals surface area contributed by atoms with Crippen molar-refractivity contribution in [3.05, 3.63) is 28.7 Å². The van der Waals surface area contributed by atoms with Gasteiger partial charge in [0, 0.05) is 5.69 Å². The molecule has 0 saturated heterocycles. The van der Waals surface area contributed by atoms with E-state index in [9.17, 15) is 14.4 Å². The predicted molar refractivity (Wildman–Crippen MR) is 73.9 cm³/mol. The fourth-order valence-corrected chi connectivity index (χ4v) is 2.84. The number of aliphatic carboxylic acids is 1. The lowest BCUT2D eigenvalue weighted by Gasteiger charge is -2.05. The third-order valence-corrected chi connectivity index (χ3v) is 4.06. The van der Waals surface area contributed by atoms with Gasteiger partial charge in [0.25, 0.3) is 0 Å². The van der Waals surface area contributed by atoms with Gasteiger partial charge >= 0.3 is 11.7 Å². The Morgan fingerprint density at radius 1 is 1.33 bits per heavy atom. The van der Waals surface area contributed by atoms with Crippen LogP contribution in [-0.2, 0) is 9.59 Å². The molecule has 1 heterocycles. The van der Waals surface area contributed by atoms with Crippen molar-refractivity contribution in [1.82, 2.24) is 4.98 Å². The van der Waals surface area contributed by atoms with E-state index in [1.54, 1.807) is 32.0 Å². The molecular formula is C14H14N2O5. The van der Waals surface area contributed by atoms with Gasteiger partial charge in [-0.15, -0.1) is 0 Å². The molecule has 7 heteroatoms. The Balaban J connectivity index is 1.81. The normalized spacial score (nSPS) is 23.0. The maximum absolute atomic E-state index is 12.2. The van der Waals surface area contributed by atoms with Gasteiger partial charge in [0.05, 0.1) is 17.4 Å². The summed E-state index contributed by atoms with van der Waals surface area (Å²) >= 11 is 0. The largest absolute Gasteiger partial charge is 0.481 e. The van der Waals surface area contributed by atoms with Gasteiger partial charge in [-0.05, 0) is 23.6 Å². The number of anilines is 1. The number of H-pyrrole nitrogens is 1. The molecular weight excluding hydrogens is 276 g/mol. The number of hydrogen-bond donors (Lipinski definition) is 3. The molecule has 0 bridgehead atoms. The van der Waals surface area contributed by atoms with E-state index < -0.39 is 29.0 Å². The molecule has 1 aliphatic carbocycles. The Labute approximate surface area is 119 Å². The van der Waals surface area contributed by atoms with Crippen LogP contribution in [-0.4, -0.2) is 22.0 Å². The monoisotopic (exact) mass is 290 g/mol. The number of amides is 1. The van der Waals surface area contributed by atoms with Crippen molar-refractivity contribution in [1.29, 1.82) is 0 Å². The molecule has 2 atom stereocenters. The summed E-state index contributed by atoms with van der Waals surface area (Å²) in [5.74, 6) is -3.10. The molecule has 1 aromatic heterocycles.